The number of hydrogen-bond donors (Lipinski definition) is 2. The van der Waals surface area contributed by atoms with Crippen LogP contribution in [0.4, 0.5) is 0 Å². The molecule has 0 radical (unpaired) electrons. The molecule has 5 fully saturated rings. The van der Waals surface area contributed by atoms with E-state index in [-0.39, 0.29) is 12.0 Å². The van der Waals surface area contributed by atoms with Gasteiger partial charge in [0.05, 0.1) is 26.1 Å². The zero-order chi connectivity index (χ0) is 31.5. The first-order chi connectivity index (χ1) is 20.1. The fourth-order valence-corrected chi connectivity index (χ4v) is 9.95. The van der Waals surface area contributed by atoms with Gasteiger partial charge in [-0.05, 0) is 32.8 Å². The molecule has 11 nitrogen and oxygen atoms in total. The average Bonchev–Trinajstić information content (AvgIpc) is 3.45. The molecule has 234 valence electrons. The predicted molar refractivity (Wildman–Crippen MR) is 147 cm³/mol. The van der Waals surface area contributed by atoms with Crippen molar-refractivity contribution in [3.63, 3.8) is 0 Å². The van der Waals surface area contributed by atoms with Crippen molar-refractivity contribution in [3.05, 3.63) is 35.8 Å². The molecule has 1 aromatic heterocycles. The summed E-state index contributed by atoms with van der Waals surface area (Å²) in [5, 5.41) is 24.2. The van der Waals surface area contributed by atoms with Crippen LogP contribution in [0.1, 0.15) is 72.5 Å². The van der Waals surface area contributed by atoms with Crippen molar-refractivity contribution in [2.24, 2.45) is 34.0 Å². The number of rotatable bonds is 5. The van der Waals surface area contributed by atoms with Gasteiger partial charge in [-0.2, -0.15) is 0 Å². The van der Waals surface area contributed by atoms with Crippen LogP contribution in [0.15, 0.2) is 34.7 Å². The number of esters is 3. The van der Waals surface area contributed by atoms with Gasteiger partial charge >= 0.3 is 17.9 Å². The topological polar surface area (TPSA) is 162 Å². The van der Waals surface area contributed by atoms with Crippen LogP contribution in [0.25, 0.3) is 0 Å². The number of carbonyl (C=O) groups excluding carboxylic acids is 4. The third-order valence-electron chi connectivity index (χ3n) is 11.8. The van der Waals surface area contributed by atoms with Gasteiger partial charge in [-0.1, -0.05) is 33.8 Å². The Kier molecular flexibility index (Phi) is 6.46. The number of fused-ring (bicyclic) bond motifs is 5. The van der Waals surface area contributed by atoms with Gasteiger partial charge in [0.2, 0.25) is 0 Å². The Morgan fingerprint density at radius 2 is 1.86 bits per heavy atom. The summed E-state index contributed by atoms with van der Waals surface area (Å²) in [4.78, 5) is 54.1. The highest BCUT2D eigenvalue weighted by Crippen LogP contribution is 2.78. The van der Waals surface area contributed by atoms with E-state index in [1.807, 2.05) is 6.92 Å². The van der Waals surface area contributed by atoms with E-state index in [1.54, 1.807) is 53.0 Å². The van der Waals surface area contributed by atoms with Crippen LogP contribution >= 0.6 is 0 Å². The molecule has 3 heterocycles. The van der Waals surface area contributed by atoms with Crippen molar-refractivity contribution in [2.45, 2.75) is 96.4 Å². The van der Waals surface area contributed by atoms with Gasteiger partial charge in [0.15, 0.2) is 17.5 Å². The molecule has 3 saturated carbocycles. The number of ether oxygens (including phenoxy) is 4. The minimum atomic E-state index is -2.32. The number of aliphatic hydroxyl groups excluding tert-OH is 1. The molecule has 3 aliphatic carbocycles. The summed E-state index contributed by atoms with van der Waals surface area (Å²) >= 11 is 0. The summed E-state index contributed by atoms with van der Waals surface area (Å²) < 4.78 is 28.7. The van der Waals surface area contributed by atoms with Crippen molar-refractivity contribution >= 4 is 23.7 Å². The second kappa shape index (κ2) is 9.25. The Morgan fingerprint density at radius 3 is 2.47 bits per heavy atom. The summed E-state index contributed by atoms with van der Waals surface area (Å²) in [7, 11) is 1.15. The largest absolute Gasteiger partial charge is 0.472 e. The van der Waals surface area contributed by atoms with Gasteiger partial charge in [-0.15, -0.1) is 0 Å². The first-order valence-electron chi connectivity index (χ1n) is 14.8. The first kappa shape index (κ1) is 30.0. The molecule has 43 heavy (non-hydrogen) atoms. The monoisotopic (exact) mass is 600 g/mol. The Balaban J connectivity index is 1.55. The molecule has 0 aromatic carbocycles. The second-order valence-electron chi connectivity index (χ2n) is 14.1. The fourth-order valence-electron chi connectivity index (χ4n) is 9.95. The molecule has 2 aliphatic heterocycles. The molecule has 11 heteroatoms. The molecule has 1 spiro atoms. The maximum Gasteiger partial charge on any atom is 0.335 e. The van der Waals surface area contributed by atoms with Gasteiger partial charge in [-0.3, -0.25) is 9.59 Å². The van der Waals surface area contributed by atoms with E-state index in [4.69, 9.17) is 23.4 Å². The van der Waals surface area contributed by atoms with E-state index in [0.29, 0.717) is 18.4 Å². The van der Waals surface area contributed by atoms with Crippen molar-refractivity contribution in [3.8, 4) is 0 Å². The summed E-state index contributed by atoms with van der Waals surface area (Å²) in [5.74, 6) is -5.01. The molecule has 11 atom stereocenters. The Bertz CT molecular complexity index is 1410. The van der Waals surface area contributed by atoms with E-state index in [1.165, 1.54) is 6.26 Å². The third kappa shape index (κ3) is 3.52. The number of methoxy groups -OCH3 is 1. The Hall–Kier alpha value is -3.02. The van der Waals surface area contributed by atoms with Crippen LogP contribution in [0.5, 0.6) is 0 Å². The number of epoxide rings is 1. The van der Waals surface area contributed by atoms with E-state index in [9.17, 15) is 29.4 Å². The Labute approximate surface area is 249 Å². The van der Waals surface area contributed by atoms with Crippen molar-refractivity contribution < 1.29 is 52.8 Å². The molecule has 1 aromatic rings. The SMILES string of the molecule is CC=C(C)C(=O)O[C@H]1C(C)(C)[C@H]([C@H](O)C(=O)OC)[C@]2(C)C(=O)[C@@]1(O)[C@H]1O[C@]13[C@@H]1CC(=O)O[C@@H](c4ccoc4)[C@]1(C)CC[C@H]23. The summed E-state index contributed by atoms with van der Waals surface area (Å²) in [6.07, 6.45) is 0.521. The van der Waals surface area contributed by atoms with Gasteiger partial charge in [0.25, 0.3) is 0 Å². The number of aliphatic hydroxyl groups is 2. The van der Waals surface area contributed by atoms with Crippen molar-refractivity contribution in [1.82, 2.24) is 0 Å². The zero-order valence-corrected chi connectivity index (χ0v) is 25.5. The number of cyclic esters (lactones) is 1. The third-order valence-corrected chi connectivity index (χ3v) is 11.8. The van der Waals surface area contributed by atoms with E-state index < -0.39 is 93.3 Å². The molecule has 2 saturated heterocycles. The fraction of sp³-hybridized carbons (Fsp3) is 0.688. The average molecular weight is 601 g/mol. The van der Waals surface area contributed by atoms with Crippen LogP contribution in [-0.2, 0) is 38.1 Å². The van der Waals surface area contributed by atoms with Crippen LogP contribution in [0.2, 0.25) is 0 Å². The van der Waals surface area contributed by atoms with E-state index >= 15 is 0 Å². The quantitative estimate of drug-likeness (QED) is 0.221. The van der Waals surface area contributed by atoms with Crippen LogP contribution in [0.3, 0.4) is 0 Å². The Morgan fingerprint density at radius 1 is 1.16 bits per heavy atom. The van der Waals surface area contributed by atoms with Gasteiger partial charge in [0, 0.05) is 45.1 Å². The highest BCUT2D eigenvalue weighted by Gasteiger charge is 2.91. The van der Waals surface area contributed by atoms with Crippen molar-refractivity contribution in [1.29, 1.82) is 0 Å². The number of ketones is 1. The zero-order valence-electron chi connectivity index (χ0n) is 25.5. The van der Waals surface area contributed by atoms with Gasteiger partial charge < -0.3 is 33.6 Å². The molecule has 6 rings (SSSR count). The lowest BCUT2D eigenvalue weighted by Gasteiger charge is -2.67. The predicted octanol–water partition coefficient (Wildman–Crippen LogP) is 2.83. The lowest BCUT2D eigenvalue weighted by molar-refractivity contribution is -0.260. The number of furan rings is 1. The molecule has 0 amide bonds. The highest BCUT2D eigenvalue weighted by atomic mass is 16.6. The maximum atomic E-state index is 14.7. The van der Waals surface area contributed by atoms with E-state index in [0.717, 1.165) is 7.11 Å². The molecule has 2 N–H and O–H groups in total. The molecular weight excluding hydrogens is 560 g/mol. The number of carbonyl (C=O) groups is 4. The van der Waals surface area contributed by atoms with Crippen LogP contribution < -0.4 is 0 Å². The summed E-state index contributed by atoms with van der Waals surface area (Å²) in [5.41, 5.74) is -6.06. The van der Waals surface area contributed by atoms with Crippen molar-refractivity contribution in [2.75, 3.05) is 7.11 Å². The van der Waals surface area contributed by atoms with Gasteiger partial charge in [0.1, 0.15) is 23.9 Å². The molecule has 5 aliphatic rings. The summed E-state index contributed by atoms with van der Waals surface area (Å²) in [6.45, 7) is 10.2. The molecule has 2 bridgehead atoms. The van der Waals surface area contributed by atoms with Crippen LogP contribution in [-0.4, -0.2) is 70.5 Å². The van der Waals surface area contributed by atoms with Crippen LogP contribution in [0, 0.1) is 34.0 Å². The lowest BCUT2D eigenvalue weighted by atomic mass is 9.36. The second-order valence-corrected chi connectivity index (χ2v) is 14.1. The highest BCUT2D eigenvalue weighted by molar-refractivity contribution is 5.99. The standard InChI is InChI=1S/C32H40O11/c1-8-15(2)23(35)42-26-28(3,4)21(20(34)24(36)39-7)30(6)17-9-11-29(5)18(32(17)27(43-32)31(26,38)25(30)37)13-19(33)41-22(29)16-10-12-40-14-16/h8,10,12,14,17-18,20-22,26-27,34,38H,9,11,13H2,1-7H3/t17-,18-,20+,21+,22+,26+,27-,29-,30-,31+,32-/m1/s1. The number of hydrogen-bond acceptors (Lipinski definition) is 11. The number of Topliss-reactive ketones (excluding diaryl/α,β-unsaturated/α-hetero) is 1. The molecule has 0 unspecified atom stereocenters. The summed E-state index contributed by atoms with van der Waals surface area (Å²) in [6, 6.07) is 1.75. The first-order valence-corrected chi connectivity index (χ1v) is 14.8. The minimum absolute atomic E-state index is 0.0199. The molecular formula is C32H40O11. The van der Waals surface area contributed by atoms with E-state index in [2.05, 4.69) is 0 Å². The van der Waals surface area contributed by atoms with Gasteiger partial charge in [-0.25, -0.2) is 9.59 Å². The smallest absolute Gasteiger partial charge is 0.335 e. The maximum absolute atomic E-state index is 14.7. The minimum Gasteiger partial charge on any atom is -0.472 e. The number of allylic oxidation sites excluding steroid dienone is 1. The lowest BCUT2D eigenvalue weighted by Crippen LogP contribution is -2.81. The normalized spacial score (nSPS) is 45.1.